The lowest BCUT2D eigenvalue weighted by molar-refractivity contribution is -0.384. The number of hydrogen-bond acceptors (Lipinski definition) is 5. The molecule has 24 heavy (non-hydrogen) atoms. The summed E-state index contributed by atoms with van der Waals surface area (Å²) >= 11 is 0. The number of hydrogen-bond donors (Lipinski definition) is 0. The van der Waals surface area contributed by atoms with Crippen molar-refractivity contribution in [1.29, 1.82) is 0 Å². The molecule has 1 aromatic heterocycles. The van der Waals surface area contributed by atoms with E-state index in [1.807, 2.05) is 12.3 Å². The van der Waals surface area contributed by atoms with Gasteiger partial charge in [0.15, 0.2) is 0 Å². The third kappa shape index (κ3) is 3.46. The Morgan fingerprint density at radius 1 is 1.12 bits per heavy atom. The molecule has 0 N–H and O–H groups in total. The van der Waals surface area contributed by atoms with Crippen molar-refractivity contribution in [3.63, 3.8) is 0 Å². The first-order valence-electron chi connectivity index (χ1n) is 7.14. The number of nitro benzene ring substituents is 1. The largest absolute Gasteiger partial charge is 0.457 e. The zero-order valence-electron chi connectivity index (χ0n) is 12.5. The second-order valence-corrected chi connectivity index (χ2v) is 5.00. The molecule has 0 aliphatic rings. The first kappa shape index (κ1) is 15.4. The van der Waals surface area contributed by atoms with Crippen molar-refractivity contribution in [3.05, 3.63) is 88.2 Å². The molecule has 0 saturated heterocycles. The highest BCUT2D eigenvalue weighted by Gasteiger charge is 2.09. The van der Waals surface area contributed by atoms with Crippen LogP contribution in [0.15, 0.2) is 67.0 Å². The van der Waals surface area contributed by atoms with Crippen LogP contribution in [0.3, 0.4) is 0 Å². The lowest BCUT2D eigenvalue weighted by atomic mass is 10.2. The number of aromatic nitrogens is 2. The molecule has 0 saturated carbocycles. The standard InChI is InChI=1S/C17H13N3O4/c21-17(24-12-13-2-6-16(7-3-13)20(22)23)14-4-8-15(9-5-14)19-11-1-10-18-19/h1-11H,12H2. The van der Waals surface area contributed by atoms with E-state index in [0.29, 0.717) is 11.1 Å². The third-order valence-corrected chi connectivity index (χ3v) is 3.39. The van der Waals surface area contributed by atoms with Gasteiger partial charge >= 0.3 is 5.97 Å². The van der Waals surface area contributed by atoms with Crippen LogP contribution in [0, 0.1) is 10.1 Å². The monoisotopic (exact) mass is 323 g/mol. The SMILES string of the molecule is O=C(OCc1ccc([N+](=O)[O-])cc1)c1ccc(-n2cccn2)cc1. The summed E-state index contributed by atoms with van der Waals surface area (Å²) in [6, 6.07) is 14.6. The van der Waals surface area contributed by atoms with Gasteiger partial charge in [-0.05, 0) is 48.0 Å². The Bertz CT molecular complexity index is 841. The third-order valence-electron chi connectivity index (χ3n) is 3.39. The number of non-ortho nitro benzene ring substituents is 1. The second kappa shape index (κ2) is 6.74. The number of rotatable bonds is 5. The van der Waals surface area contributed by atoms with Crippen molar-refractivity contribution in [2.24, 2.45) is 0 Å². The molecule has 0 aliphatic heterocycles. The molecule has 120 valence electrons. The zero-order chi connectivity index (χ0) is 16.9. The Morgan fingerprint density at radius 2 is 1.83 bits per heavy atom. The molecule has 0 amide bonds. The molecule has 0 aliphatic carbocycles. The molecule has 0 fully saturated rings. The fourth-order valence-electron chi connectivity index (χ4n) is 2.12. The number of nitrogens with zero attached hydrogens (tertiary/aromatic N) is 3. The average molecular weight is 323 g/mol. The summed E-state index contributed by atoms with van der Waals surface area (Å²) < 4.78 is 6.90. The number of benzene rings is 2. The minimum atomic E-state index is -0.475. The van der Waals surface area contributed by atoms with Gasteiger partial charge in [0.1, 0.15) is 6.61 Å². The second-order valence-electron chi connectivity index (χ2n) is 5.00. The number of ether oxygens (including phenoxy) is 1. The molecule has 7 heteroatoms. The highest BCUT2D eigenvalue weighted by Crippen LogP contribution is 2.14. The van der Waals surface area contributed by atoms with Crippen molar-refractivity contribution in [3.8, 4) is 5.69 Å². The molecule has 3 rings (SSSR count). The summed E-state index contributed by atoms with van der Waals surface area (Å²) in [5.41, 5.74) is 1.95. The van der Waals surface area contributed by atoms with Crippen LogP contribution in [0.25, 0.3) is 5.69 Å². The summed E-state index contributed by atoms with van der Waals surface area (Å²) in [6.45, 7) is 0.0533. The van der Waals surface area contributed by atoms with Gasteiger partial charge in [-0.15, -0.1) is 0 Å². The quantitative estimate of drug-likeness (QED) is 0.409. The molecule has 0 unspecified atom stereocenters. The highest BCUT2D eigenvalue weighted by molar-refractivity contribution is 5.89. The maximum Gasteiger partial charge on any atom is 0.338 e. The fraction of sp³-hybridized carbons (Fsp3) is 0.0588. The summed E-state index contributed by atoms with van der Waals surface area (Å²) in [5.74, 6) is -0.458. The summed E-state index contributed by atoms with van der Waals surface area (Å²) in [7, 11) is 0. The molecular weight excluding hydrogens is 310 g/mol. The molecule has 0 bridgehead atoms. The van der Waals surface area contributed by atoms with Crippen LogP contribution in [0.2, 0.25) is 0 Å². The van der Waals surface area contributed by atoms with Crippen LogP contribution in [0.1, 0.15) is 15.9 Å². The molecular formula is C17H13N3O4. The molecule has 0 radical (unpaired) electrons. The highest BCUT2D eigenvalue weighted by atomic mass is 16.6. The molecule has 7 nitrogen and oxygen atoms in total. The predicted octanol–water partition coefficient (Wildman–Crippen LogP) is 3.14. The first-order valence-corrected chi connectivity index (χ1v) is 7.14. The van der Waals surface area contributed by atoms with E-state index in [-0.39, 0.29) is 12.3 Å². The van der Waals surface area contributed by atoms with Crippen molar-refractivity contribution in [2.45, 2.75) is 6.61 Å². The van der Waals surface area contributed by atoms with Gasteiger partial charge in [0.05, 0.1) is 16.2 Å². The van der Waals surface area contributed by atoms with Crippen molar-refractivity contribution >= 4 is 11.7 Å². The van der Waals surface area contributed by atoms with E-state index < -0.39 is 10.9 Å². The van der Waals surface area contributed by atoms with Crippen LogP contribution >= 0.6 is 0 Å². The Kier molecular flexibility index (Phi) is 4.33. The lowest BCUT2D eigenvalue weighted by Gasteiger charge is -2.06. The minimum Gasteiger partial charge on any atom is -0.457 e. The van der Waals surface area contributed by atoms with Gasteiger partial charge in [-0.25, -0.2) is 9.48 Å². The lowest BCUT2D eigenvalue weighted by Crippen LogP contribution is -2.05. The predicted molar refractivity (Wildman–Crippen MR) is 85.8 cm³/mol. The molecule has 2 aromatic carbocycles. The van der Waals surface area contributed by atoms with Gasteiger partial charge in [-0.1, -0.05) is 0 Å². The van der Waals surface area contributed by atoms with Gasteiger partial charge in [-0.2, -0.15) is 5.10 Å². The summed E-state index contributed by atoms with van der Waals surface area (Å²) in [6.07, 6.45) is 3.48. The fourth-order valence-corrected chi connectivity index (χ4v) is 2.12. The average Bonchev–Trinajstić information content (AvgIpc) is 3.15. The van der Waals surface area contributed by atoms with Gasteiger partial charge in [0.2, 0.25) is 0 Å². The van der Waals surface area contributed by atoms with E-state index in [2.05, 4.69) is 5.10 Å². The Labute approximate surface area is 137 Å². The Morgan fingerprint density at radius 3 is 2.42 bits per heavy atom. The van der Waals surface area contributed by atoms with Gasteiger partial charge < -0.3 is 4.74 Å². The van der Waals surface area contributed by atoms with E-state index in [9.17, 15) is 14.9 Å². The van der Waals surface area contributed by atoms with E-state index in [1.165, 1.54) is 12.1 Å². The Hall–Kier alpha value is -3.48. The van der Waals surface area contributed by atoms with Crippen LogP contribution in [-0.4, -0.2) is 20.7 Å². The van der Waals surface area contributed by atoms with Crippen molar-refractivity contribution < 1.29 is 14.5 Å². The first-order chi connectivity index (χ1) is 11.6. The van der Waals surface area contributed by atoms with Crippen LogP contribution < -0.4 is 0 Å². The summed E-state index contributed by atoms with van der Waals surface area (Å²) in [4.78, 5) is 22.2. The molecule has 0 spiro atoms. The van der Waals surface area contributed by atoms with Crippen molar-refractivity contribution in [1.82, 2.24) is 9.78 Å². The van der Waals surface area contributed by atoms with Crippen LogP contribution in [-0.2, 0) is 11.3 Å². The van der Waals surface area contributed by atoms with Crippen LogP contribution in [0.4, 0.5) is 5.69 Å². The number of carbonyl (C=O) groups excluding carboxylic acids is 1. The number of esters is 1. The topological polar surface area (TPSA) is 87.3 Å². The van der Waals surface area contributed by atoms with E-state index >= 15 is 0 Å². The van der Waals surface area contributed by atoms with Crippen molar-refractivity contribution in [2.75, 3.05) is 0 Å². The van der Waals surface area contributed by atoms with Crippen LogP contribution in [0.5, 0.6) is 0 Å². The normalized spacial score (nSPS) is 10.3. The maximum absolute atomic E-state index is 12.0. The number of nitro groups is 1. The molecule has 3 aromatic rings. The maximum atomic E-state index is 12.0. The van der Waals surface area contributed by atoms with Gasteiger partial charge in [0.25, 0.3) is 5.69 Å². The zero-order valence-corrected chi connectivity index (χ0v) is 12.5. The van der Waals surface area contributed by atoms with E-state index in [1.54, 1.807) is 47.3 Å². The van der Waals surface area contributed by atoms with Gasteiger partial charge in [-0.3, -0.25) is 10.1 Å². The smallest absolute Gasteiger partial charge is 0.338 e. The Balaban J connectivity index is 1.61. The van der Waals surface area contributed by atoms with E-state index in [4.69, 9.17) is 4.74 Å². The minimum absolute atomic E-state index is 0.000660. The molecule has 0 atom stereocenters. The van der Waals surface area contributed by atoms with E-state index in [0.717, 1.165) is 5.69 Å². The number of carbonyl (C=O) groups is 1. The molecule has 1 heterocycles. The summed E-state index contributed by atoms with van der Waals surface area (Å²) in [5, 5.41) is 14.7. The van der Waals surface area contributed by atoms with Gasteiger partial charge in [0, 0.05) is 24.5 Å².